The zero-order valence-electron chi connectivity index (χ0n) is 12.4. The minimum atomic E-state index is -1.13. The molecule has 4 N–H and O–H groups in total. The van der Waals surface area contributed by atoms with Gasteiger partial charge in [-0.2, -0.15) is 0 Å². The van der Waals surface area contributed by atoms with E-state index in [1.807, 2.05) is 30.3 Å². The van der Waals surface area contributed by atoms with Crippen molar-refractivity contribution in [3.05, 3.63) is 65.7 Å². The Balaban J connectivity index is -0.000000317. The van der Waals surface area contributed by atoms with E-state index in [1.54, 1.807) is 0 Å². The molecule has 0 saturated heterocycles. The van der Waals surface area contributed by atoms with Gasteiger partial charge < -0.3 is 17.1 Å². The van der Waals surface area contributed by atoms with Crippen molar-refractivity contribution in [1.29, 1.82) is 0 Å². The van der Waals surface area contributed by atoms with Crippen LogP contribution in [0.25, 0.3) is 0 Å². The predicted octanol–water partition coefficient (Wildman–Crippen LogP) is -0.650. The van der Waals surface area contributed by atoms with Crippen molar-refractivity contribution in [3.8, 4) is 0 Å². The van der Waals surface area contributed by atoms with Gasteiger partial charge in [-0.3, -0.25) is 0 Å². The number of hydrogen-bond acceptors (Lipinski definition) is 3. The largest absolute Gasteiger partial charge is 1.00 e. The molecule has 7 heteroatoms. The van der Waals surface area contributed by atoms with Crippen LogP contribution >= 0.6 is 12.6 Å². The fraction of sp³-hybridized carbons (Fsp3) is 0. The van der Waals surface area contributed by atoms with E-state index in [4.69, 9.17) is 10.2 Å². The normalized spacial score (nSPS) is 8.24. The minimum absolute atomic E-state index is 0. The Bertz CT molecular complexity index is 551. The second kappa shape index (κ2) is 11.4. The van der Waals surface area contributed by atoms with Crippen LogP contribution in [-0.4, -0.2) is 27.6 Å². The molecule has 0 spiro atoms. The van der Waals surface area contributed by atoms with E-state index < -0.39 is 11.9 Å². The maximum absolute atomic E-state index is 10.4. The predicted molar refractivity (Wildman–Crippen MR) is 78.8 cm³/mol. The van der Waals surface area contributed by atoms with Gasteiger partial charge in [0.15, 0.2) is 0 Å². The average Bonchev–Trinajstić information content (AvgIpc) is 2.40. The smallest absolute Gasteiger partial charge is 1.00 e. The van der Waals surface area contributed by atoms with E-state index >= 15 is 0 Å². The molecule has 21 heavy (non-hydrogen) atoms. The zero-order valence-corrected chi connectivity index (χ0v) is 14.2. The Morgan fingerprint density at radius 3 is 1.57 bits per heavy atom. The molecular weight excluding hydrogens is 303 g/mol. The van der Waals surface area contributed by atoms with Crippen LogP contribution in [0.5, 0.6) is 0 Å². The summed E-state index contributed by atoms with van der Waals surface area (Å²) in [5.74, 6) is -2.25. The number of aromatic carboxylic acids is 2. The van der Waals surface area contributed by atoms with E-state index in [2.05, 4.69) is 12.6 Å². The van der Waals surface area contributed by atoms with E-state index in [-0.39, 0.29) is 47.6 Å². The SMILES string of the molecule is O.O=C(O)c1cccc(C(=O)O)c1.Sc1ccccc1.[H-].[Na+]. The molecule has 0 saturated carbocycles. The number of rotatable bonds is 2. The Labute approximate surface area is 151 Å². The van der Waals surface area contributed by atoms with Crippen LogP contribution in [0.4, 0.5) is 0 Å². The standard InChI is InChI=1S/C8H6O4.C6H6S.Na.H2O.H/c9-7(10)5-2-1-3-6(4-5)8(11)12;7-6-4-2-1-3-5-6;;;/h1-4H,(H,9,10)(H,11,12);1-5,7H;;1H2;/q;;+1;;-1. The van der Waals surface area contributed by atoms with Crippen LogP contribution in [0, 0.1) is 0 Å². The minimum Gasteiger partial charge on any atom is -1.00 e. The number of carboxylic acid groups (broad SMARTS) is 2. The van der Waals surface area contributed by atoms with Crippen molar-refractivity contribution < 1.29 is 56.3 Å². The summed E-state index contributed by atoms with van der Waals surface area (Å²) in [4.78, 5) is 21.8. The van der Waals surface area contributed by atoms with Crippen LogP contribution in [0.15, 0.2) is 59.5 Å². The third kappa shape index (κ3) is 8.54. The van der Waals surface area contributed by atoms with Gasteiger partial charge in [-0.05, 0) is 30.3 Å². The number of thiol groups is 1. The number of carboxylic acids is 2. The van der Waals surface area contributed by atoms with Gasteiger partial charge in [0.05, 0.1) is 11.1 Å². The molecule has 0 heterocycles. The van der Waals surface area contributed by atoms with Gasteiger partial charge in [-0.1, -0.05) is 24.3 Å². The molecule has 2 rings (SSSR count). The molecule has 0 atom stereocenters. The summed E-state index contributed by atoms with van der Waals surface area (Å²) in [6, 6.07) is 15.0. The number of benzene rings is 2. The monoisotopic (exact) mass is 318 g/mol. The number of carbonyl (C=O) groups is 2. The van der Waals surface area contributed by atoms with Crippen molar-refractivity contribution in [1.82, 2.24) is 0 Å². The van der Waals surface area contributed by atoms with Gasteiger partial charge in [-0.15, -0.1) is 12.6 Å². The summed E-state index contributed by atoms with van der Waals surface area (Å²) >= 11 is 4.08. The fourth-order valence-corrected chi connectivity index (χ4v) is 1.39. The molecular formula is C14H15NaO5S. The summed E-state index contributed by atoms with van der Waals surface area (Å²) in [5.41, 5.74) is -0.0372. The summed E-state index contributed by atoms with van der Waals surface area (Å²) < 4.78 is 0. The van der Waals surface area contributed by atoms with Crippen LogP contribution in [0.2, 0.25) is 0 Å². The molecule has 2 aromatic rings. The van der Waals surface area contributed by atoms with E-state index in [0.717, 1.165) is 11.0 Å². The van der Waals surface area contributed by atoms with Crippen molar-refractivity contribution in [2.75, 3.05) is 0 Å². The molecule has 0 unspecified atom stereocenters. The van der Waals surface area contributed by atoms with Crippen LogP contribution in [0.1, 0.15) is 22.1 Å². The van der Waals surface area contributed by atoms with Crippen LogP contribution < -0.4 is 29.6 Å². The molecule has 0 aliphatic heterocycles. The first-order valence-electron chi connectivity index (χ1n) is 5.31. The Kier molecular flexibility index (Phi) is 11.9. The topological polar surface area (TPSA) is 106 Å². The fourth-order valence-electron chi connectivity index (χ4n) is 1.21. The second-order valence-electron chi connectivity index (χ2n) is 3.53. The Morgan fingerprint density at radius 1 is 0.857 bits per heavy atom. The molecule has 0 fully saturated rings. The average molecular weight is 318 g/mol. The van der Waals surface area contributed by atoms with E-state index in [0.29, 0.717) is 0 Å². The first-order chi connectivity index (χ1) is 9.00. The van der Waals surface area contributed by atoms with Gasteiger partial charge in [0.1, 0.15) is 0 Å². The molecule has 0 aliphatic rings. The summed E-state index contributed by atoms with van der Waals surface area (Å²) in [7, 11) is 0. The van der Waals surface area contributed by atoms with Gasteiger partial charge in [0.25, 0.3) is 0 Å². The summed E-state index contributed by atoms with van der Waals surface area (Å²) in [6.45, 7) is 0. The van der Waals surface area contributed by atoms with Crippen molar-refractivity contribution in [2.24, 2.45) is 0 Å². The summed E-state index contributed by atoms with van der Waals surface area (Å²) in [5, 5.41) is 17.0. The molecule has 5 nitrogen and oxygen atoms in total. The van der Waals surface area contributed by atoms with E-state index in [9.17, 15) is 9.59 Å². The van der Waals surface area contributed by atoms with Gasteiger partial charge in [0.2, 0.25) is 0 Å². The quantitative estimate of drug-likeness (QED) is 0.505. The Hall–Kier alpha value is -1.31. The third-order valence-electron chi connectivity index (χ3n) is 2.11. The van der Waals surface area contributed by atoms with Gasteiger partial charge in [-0.25, -0.2) is 9.59 Å². The van der Waals surface area contributed by atoms with Crippen LogP contribution in [-0.2, 0) is 0 Å². The van der Waals surface area contributed by atoms with Gasteiger partial charge in [0, 0.05) is 4.90 Å². The van der Waals surface area contributed by atoms with Crippen LogP contribution in [0.3, 0.4) is 0 Å². The van der Waals surface area contributed by atoms with Crippen molar-refractivity contribution in [2.45, 2.75) is 4.90 Å². The summed E-state index contributed by atoms with van der Waals surface area (Å²) in [6.07, 6.45) is 0. The molecule has 0 bridgehead atoms. The maximum atomic E-state index is 10.4. The molecule has 2 aromatic carbocycles. The molecule has 0 aromatic heterocycles. The molecule has 108 valence electrons. The Morgan fingerprint density at radius 2 is 1.29 bits per heavy atom. The van der Waals surface area contributed by atoms with E-state index in [1.165, 1.54) is 18.2 Å². The van der Waals surface area contributed by atoms with Gasteiger partial charge >= 0.3 is 41.5 Å². The van der Waals surface area contributed by atoms with Crippen molar-refractivity contribution >= 4 is 24.6 Å². The number of hydrogen-bond donors (Lipinski definition) is 3. The molecule has 0 amide bonds. The maximum Gasteiger partial charge on any atom is 1.00 e. The second-order valence-corrected chi connectivity index (χ2v) is 4.04. The molecule has 0 radical (unpaired) electrons. The first kappa shape index (κ1) is 22.0. The van der Waals surface area contributed by atoms with Crippen molar-refractivity contribution in [3.63, 3.8) is 0 Å². The third-order valence-corrected chi connectivity index (χ3v) is 2.41. The zero-order chi connectivity index (χ0) is 14.3. The first-order valence-corrected chi connectivity index (χ1v) is 5.76. The molecule has 0 aliphatic carbocycles.